The van der Waals surface area contributed by atoms with Crippen molar-refractivity contribution in [3.05, 3.63) is 29.6 Å². The number of benzene rings is 1. The molecular formula is C17H25N3. The maximum atomic E-state index is 4.95. The SMILES string of the molecule is Cc1ccc2c(c1)nc(C1CC(C)CCN1)n2C(C)C. The van der Waals surface area contributed by atoms with E-state index in [1.165, 1.54) is 29.7 Å². The van der Waals surface area contributed by atoms with Gasteiger partial charge in [0, 0.05) is 6.04 Å². The van der Waals surface area contributed by atoms with Gasteiger partial charge < -0.3 is 9.88 Å². The molecule has 1 N–H and O–H groups in total. The van der Waals surface area contributed by atoms with Crippen LogP contribution in [0, 0.1) is 12.8 Å². The third kappa shape index (κ3) is 2.35. The maximum absolute atomic E-state index is 4.95. The molecule has 3 nitrogen and oxygen atoms in total. The van der Waals surface area contributed by atoms with Gasteiger partial charge in [-0.05, 0) is 63.8 Å². The van der Waals surface area contributed by atoms with Crippen molar-refractivity contribution in [2.75, 3.05) is 6.54 Å². The molecule has 3 rings (SSSR count). The zero-order valence-corrected chi connectivity index (χ0v) is 13.0. The lowest BCUT2D eigenvalue weighted by molar-refractivity contribution is 0.307. The van der Waals surface area contributed by atoms with Crippen LogP contribution in [0.3, 0.4) is 0 Å². The van der Waals surface area contributed by atoms with Gasteiger partial charge in [-0.15, -0.1) is 0 Å². The first-order chi connectivity index (χ1) is 9.56. The Kier molecular flexibility index (Phi) is 3.55. The summed E-state index contributed by atoms with van der Waals surface area (Å²) in [5.41, 5.74) is 3.68. The van der Waals surface area contributed by atoms with E-state index in [0.717, 1.165) is 18.0 Å². The van der Waals surface area contributed by atoms with Crippen LogP contribution >= 0.6 is 0 Å². The second-order valence-electron chi connectivity index (χ2n) is 6.56. The van der Waals surface area contributed by atoms with Crippen molar-refractivity contribution in [1.29, 1.82) is 0 Å². The van der Waals surface area contributed by atoms with E-state index in [-0.39, 0.29) is 0 Å². The molecule has 1 aliphatic heterocycles. The van der Waals surface area contributed by atoms with E-state index in [1.807, 2.05) is 0 Å². The van der Waals surface area contributed by atoms with Crippen LogP contribution < -0.4 is 5.32 Å². The standard InChI is InChI=1S/C17H25N3/c1-11(2)20-16-6-5-12(3)9-14(16)19-17(20)15-10-13(4)7-8-18-15/h5-6,9,11,13,15,18H,7-8,10H2,1-4H3. The number of aryl methyl sites for hydroxylation is 1. The normalized spacial score (nSPS) is 23.6. The van der Waals surface area contributed by atoms with Gasteiger partial charge in [-0.25, -0.2) is 4.98 Å². The number of piperidine rings is 1. The number of nitrogens with one attached hydrogen (secondary N) is 1. The van der Waals surface area contributed by atoms with E-state index in [0.29, 0.717) is 12.1 Å². The molecule has 0 bridgehead atoms. The first-order valence-corrected chi connectivity index (χ1v) is 7.78. The Morgan fingerprint density at radius 1 is 1.35 bits per heavy atom. The monoisotopic (exact) mass is 271 g/mol. The van der Waals surface area contributed by atoms with Gasteiger partial charge in [0.15, 0.2) is 0 Å². The Balaban J connectivity index is 2.11. The van der Waals surface area contributed by atoms with E-state index >= 15 is 0 Å². The molecule has 108 valence electrons. The first kappa shape index (κ1) is 13.6. The first-order valence-electron chi connectivity index (χ1n) is 7.78. The molecule has 0 saturated carbocycles. The Morgan fingerprint density at radius 2 is 2.15 bits per heavy atom. The van der Waals surface area contributed by atoms with E-state index in [9.17, 15) is 0 Å². The molecule has 1 fully saturated rings. The Labute approximate surface area is 121 Å². The summed E-state index contributed by atoms with van der Waals surface area (Å²) in [7, 11) is 0. The summed E-state index contributed by atoms with van der Waals surface area (Å²) in [5, 5.41) is 3.65. The third-order valence-electron chi connectivity index (χ3n) is 4.37. The molecule has 2 atom stereocenters. The van der Waals surface area contributed by atoms with Crippen molar-refractivity contribution >= 4 is 11.0 Å². The third-order valence-corrected chi connectivity index (χ3v) is 4.37. The number of rotatable bonds is 2. The van der Waals surface area contributed by atoms with Crippen molar-refractivity contribution < 1.29 is 0 Å². The highest BCUT2D eigenvalue weighted by molar-refractivity contribution is 5.77. The van der Waals surface area contributed by atoms with Gasteiger partial charge >= 0.3 is 0 Å². The Bertz CT molecular complexity index is 612. The van der Waals surface area contributed by atoms with E-state index in [4.69, 9.17) is 4.98 Å². The van der Waals surface area contributed by atoms with E-state index < -0.39 is 0 Å². The van der Waals surface area contributed by atoms with Crippen LogP contribution in [-0.2, 0) is 0 Å². The highest BCUT2D eigenvalue weighted by Gasteiger charge is 2.25. The molecule has 0 spiro atoms. The number of imidazole rings is 1. The molecule has 1 saturated heterocycles. The lowest BCUT2D eigenvalue weighted by Gasteiger charge is -2.29. The van der Waals surface area contributed by atoms with E-state index in [1.54, 1.807) is 0 Å². The van der Waals surface area contributed by atoms with Gasteiger partial charge in [-0.1, -0.05) is 13.0 Å². The predicted molar refractivity (Wildman–Crippen MR) is 84.0 cm³/mol. The van der Waals surface area contributed by atoms with Gasteiger partial charge in [0.2, 0.25) is 0 Å². The second-order valence-corrected chi connectivity index (χ2v) is 6.56. The van der Waals surface area contributed by atoms with Crippen LogP contribution in [0.2, 0.25) is 0 Å². The zero-order chi connectivity index (χ0) is 14.3. The van der Waals surface area contributed by atoms with Gasteiger partial charge in [-0.2, -0.15) is 0 Å². The Hall–Kier alpha value is -1.35. The summed E-state index contributed by atoms with van der Waals surface area (Å²) >= 11 is 0. The smallest absolute Gasteiger partial charge is 0.127 e. The quantitative estimate of drug-likeness (QED) is 0.895. The lowest BCUT2D eigenvalue weighted by Crippen LogP contribution is -2.33. The molecule has 2 aromatic rings. The lowest BCUT2D eigenvalue weighted by atomic mass is 9.94. The molecule has 0 radical (unpaired) electrons. The minimum Gasteiger partial charge on any atom is -0.324 e. The van der Waals surface area contributed by atoms with Gasteiger partial charge in [-0.3, -0.25) is 0 Å². The number of nitrogens with zero attached hydrogens (tertiary/aromatic N) is 2. The van der Waals surface area contributed by atoms with E-state index in [2.05, 4.69) is 55.8 Å². The number of hydrogen-bond acceptors (Lipinski definition) is 2. The molecule has 2 heterocycles. The molecule has 1 aromatic carbocycles. The average molecular weight is 271 g/mol. The van der Waals surface area contributed by atoms with Crippen LogP contribution in [0.15, 0.2) is 18.2 Å². The van der Waals surface area contributed by atoms with Crippen molar-refractivity contribution in [2.45, 2.75) is 52.6 Å². The summed E-state index contributed by atoms with van der Waals surface area (Å²) in [6.07, 6.45) is 2.46. The van der Waals surface area contributed by atoms with Gasteiger partial charge in [0.25, 0.3) is 0 Å². The number of hydrogen-bond donors (Lipinski definition) is 1. The van der Waals surface area contributed by atoms with Crippen LogP contribution in [0.5, 0.6) is 0 Å². The summed E-state index contributed by atoms with van der Waals surface area (Å²) in [5.74, 6) is 2.00. The minimum atomic E-state index is 0.397. The summed E-state index contributed by atoms with van der Waals surface area (Å²) in [6, 6.07) is 7.44. The molecule has 20 heavy (non-hydrogen) atoms. The summed E-state index contributed by atoms with van der Waals surface area (Å²) < 4.78 is 2.41. The van der Waals surface area contributed by atoms with Gasteiger partial charge in [0.1, 0.15) is 5.82 Å². The highest BCUT2D eigenvalue weighted by Crippen LogP contribution is 2.31. The fourth-order valence-electron chi connectivity index (χ4n) is 3.32. The van der Waals surface area contributed by atoms with Crippen molar-refractivity contribution in [3.63, 3.8) is 0 Å². The van der Waals surface area contributed by atoms with Crippen molar-refractivity contribution in [3.8, 4) is 0 Å². The van der Waals surface area contributed by atoms with Gasteiger partial charge in [0.05, 0.1) is 17.1 Å². The minimum absolute atomic E-state index is 0.397. The molecule has 0 amide bonds. The predicted octanol–water partition coefficient (Wildman–Crippen LogP) is 3.99. The van der Waals surface area contributed by atoms with Crippen molar-refractivity contribution in [2.24, 2.45) is 5.92 Å². The fourth-order valence-corrected chi connectivity index (χ4v) is 3.32. The number of fused-ring (bicyclic) bond motifs is 1. The Morgan fingerprint density at radius 3 is 2.85 bits per heavy atom. The largest absolute Gasteiger partial charge is 0.324 e. The number of aromatic nitrogens is 2. The molecule has 3 heteroatoms. The molecular weight excluding hydrogens is 246 g/mol. The molecule has 0 aliphatic carbocycles. The molecule has 2 unspecified atom stereocenters. The molecule has 1 aliphatic rings. The molecule has 1 aromatic heterocycles. The van der Waals surface area contributed by atoms with Crippen LogP contribution in [-0.4, -0.2) is 16.1 Å². The maximum Gasteiger partial charge on any atom is 0.127 e. The average Bonchev–Trinajstić information content (AvgIpc) is 2.77. The summed E-state index contributed by atoms with van der Waals surface area (Å²) in [6.45, 7) is 10.1. The van der Waals surface area contributed by atoms with Crippen LogP contribution in [0.1, 0.15) is 57.1 Å². The van der Waals surface area contributed by atoms with Crippen molar-refractivity contribution in [1.82, 2.24) is 14.9 Å². The zero-order valence-electron chi connectivity index (χ0n) is 13.0. The summed E-state index contributed by atoms with van der Waals surface area (Å²) in [4.78, 5) is 4.95. The van der Waals surface area contributed by atoms with Crippen LogP contribution in [0.4, 0.5) is 0 Å². The fraction of sp³-hybridized carbons (Fsp3) is 0.588. The van der Waals surface area contributed by atoms with Crippen LogP contribution in [0.25, 0.3) is 11.0 Å². The second kappa shape index (κ2) is 5.21. The highest BCUT2D eigenvalue weighted by atomic mass is 15.1. The topological polar surface area (TPSA) is 29.9 Å².